The third-order valence-electron chi connectivity index (χ3n) is 6.55. The molecule has 0 spiro atoms. The quantitative estimate of drug-likeness (QED) is 0.263. The number of hydrogen-bond donors (Lipinski definition) is 2. The van der Waals surface area contributed by atoms with Crippen molar-refractivity contribution in [2.45, 2.75) is 71.8 Å². The second kappa shape index (κ2) is 12.8. The first-order valence-electron chi connectivity index (χ1n) is 12.1. The molecule has 1 aliphatic heterocycles. The van der Waals surface area contributed by atoms with Crippen LogP contribution in [0.2, 0.25) is 0 Å². The minimum Gasteiger partial charge on any atom is -0.466 e. The number of esters is 1. The second-order valence-corrected chi connectivity index (χ2v) is 8.60. The maximum atomic E-state index is 13.5. The number of likely N-dealkylation sites (tertiary alicyclic amines) is 1. The summed E-state index contributed by atoms with van der Waals surface area (Å²) in [6.45, 7) is 7.33. The predicted molar refractivity (Wildman–Crippen MR) is 119 cm³/mol. The van der Waals surface area contributed by atoms with E-state index in [9.17, 15) is 14.4 Å². The summed E-state index contributed by atoms with van der Waals surface area (Å²) in [4.78, 5) is 41.2. The number of fused-ring (bicyclic) bond motifs is 1. The van der Waals surface area contributed by atoms with Crippen molar-refractivity contribution in [1.29, 1.82) is 0 Å². The van der Waals surface area contributed by atoms with Crippen LogP contribution >= 0.6 is 0 Å². The second-order valence-electron chi connectivity index (χ2n) is 8.60. The summed E-state index contributed by atoms with van der Waals surface area (Å²) in [7, 11) is 0. The Hall–Kier alpha value is -1.89. The van der Waals surface area contributed by atoms with Crippen LogP contribution in [-0.4, -0.2) is 60.1 Å². The number of rotatable bonds is 13. The third-order valence-corrected chi connectivity index (χ3v) is 6.55. The number of carbonyl (C=O) groups excluding carboxylic acids is 3. The minimum absolute atomic E-state index is 0.0631. The lowest BCUT2D eigenvalue weighted by molar-refractivity contribution is -0.155. The number of hydrogen-bond acceptors (Lipinski definition) is 5. The van der Waals surface area contributed by atoms with E-state index in [4.69, 9.17) is 9.84 Å². The van der Waals surface area contributed by atoms with E-state index in [2.05, 4.69) is 12.2 Å². The van der Waals surface area contributed by atoms with Crippen molar-refractivity contribution in [3.05, 3.63) is 12.2 Å². The van der Waals surface area contributed by atoms with Crippen LogP contribution in [0.1, 0.15) is 65.7 Å². The van der Waals surface area contributed by atoms with Crippen LogP contribution in [0.4, 0.5) is 0 Å². The number of ether oxygens (including phenoxy) is 1. The number of aliphatic hydroxyl groups is 1. The van der Waals surface area contributed by atoms with Gasteiger partial charge in [-0.2, -0.15) is 0 Å². The van der Waals surface area contributed by atoms with E-state index in [1.165, 1.54) is 0 Å². The summed E-state index contributed by atoms with van der Waals surface area (Å²) < 4.78 is 5.33. The Labute approximate surface area is 186 Å². The third kappa shape index (κ3) is 6.09. The fourth-order valence-electron chi connectivity index (χ4n) is 4.95. The number of allylic oxidation sites excluding steroid dienone is 1. The Morgan fingerprint density at radius 1 is 1.10 bits per heavy atom. The molecule has 0 bridgehead atoms. The molecule has 1 heterocycles. The molecule has 176 valence electrons. The topological polar surface area (TPSA) is 95.9 Å². The first kappa shape index (κ1) is 25.4. The fourth-order valence-corrected chi connectivity index (χ4v) is 4.95. The van der Waals surface area contributed by atoms with E-state index in [1.807, 2.05) is 19.1 Å². The average molecular weight is 437 g/mol. The van der Waals surface area contributed by atoms with Gasteiger partial charge in [-0.25, -0.2) is 0 Å². The van der Waals surface area contributed by atoms with E-state index in [1.54, 1.807) is 11.8 Å². The predicted octanol–water partition coefficient (Wildman–Crippen LogP) is 2.67. The molecule has 2 N–H and O–H groups in total. The number of unbranched alkanes of at least 4 members (excludes halogenated alkanes) is 4. The number of aliphatic hydroxyl groups excluding tert-OH is 1. The monoisotopic (exact) mass is 436 g/mol. The first-order chi connectivity index (χ1) is 15.0. The molecule has 0 aromatic rings. The molecule has 5 atom stereocenters. The fraction of sp³-hybridized carbons (Fsp3) is 0.792. The summed E-state index contributed by atoms with van der Waals surface area (Å²) in [6, 6.07) is -0.598. The summed E-state index contributed by atoms with van der Waals surface area (Å²) in [6.07, 6.45) is 9.93. The summed E-state index contributed by atoms with van der Waals surface area (Å²) in [5.41, 5.74) is 0. The molecule has 7 heteroatoms. The van der Waals surface area contributed by atoms with Crippen LogP contribution in [0, 0.1) is 23.7 Å². The van der Waals surface area contributed by atoms with Crippen molar-refractivity contribution in [2.24, 2.45) is 23.7 Å². The van der Waals surface area contributed by atoms with E-state index in [0.29, 0.717) is 19.5 Å². The number of carbonyl (C=O) groups is 3. The molecule has 1 fully saturated rings. The summed E-state index contributed by atoms with van der Waals surface area (Å²) in [5.74, 6) is -2.10. The normalized spacial score (nSPS) is 27.3. The van der Waals surface area contributed by atoms with Gasteiger partial charge in [-0.3, -0.25) is 14.4 Å². The van der Waals surface area contributed by atoms with Crippen molar-refractivity contribution in [3.8, 4) is 0 Å². The van der Waals surface area contributed by atoms with Crippen LogP contribution in [-0.2, 0) is 19.1 Å². The van der Waals surface area contributed by atoms with Crippen molar-refractivity contribution in [2.75, 3.05) is 26.3 Å². The Balaban J connectivity index is 2.27. The summed E-state index contributed by atoms with van der Waals surface area (Å²) >= 11 is 0. The molecule has 1 aliphatic carbocycles. The van der Waals surface area contributed by atoms with Crippen LogP contribution in [0.25, 0.3) is 0 Å². The maximum absolute atomic E-state index is 13.5. The highest BCUT2D eigenvalue weighted by atomic mass is 16.5. The zero-order valence-electron chi connectivity index (χ0n) is 19.3. The van der Waals surface area contributed by atoms with Gasteiger partial charge in [0.05, 0.1) is 18.4 Å². The molecule has 2 aliphatic rings. The Bertz CT molecular complexity index is 635. The van der Waals surface area contributed by atoms with Gasteiger partial charge in [-0.15, -0.1) is 0 Å². The minimum atomic E-state index is -0.598. The molecule has 7 nitrogen and oxygen atoms in total. The Morgan fingerprint density at radius 2 is 1.87 bits per heavy atom. The van der Waals surface area contributed by atoms with E-state index < -0.39 is 17.9 Å². The Kier molecular flexibility index (Phi) is 10.5. The van der Waals surface area contributed by atoms with Gasteiger partial charge in [0.15, 0.2) is 0 Å². The molecule has 2 amide bonds. The molecule has 0 aromatic carbocycles. The van der Waals surface area contributed by atoms with E-state index in [0.717, 1.165) is 38.5 Å². The highest BCUT2D eigenvalue weighted by Crippen LogP contribution is 2.45. The van der Waals surface area contributed by atoms with Gasteiger partial charge in [-0.05, 0) is 44.9 Å². The standard InChI is InChI=1S/C24H40N2O5/c1-4-7-9-14-25-22(28)21-18-13-12-17(5-2)19(24(30)31-6-3)20(18)23(29)26(21)15-10-8-11-16-27/h12-13,17-21,27H,4-11,14-16H2,1-3H3,(H,25,28)/t17-,18+,19-,20-,21+/m1/s1. The van der Waals surface area contributed by atoms with Gasteiger partial charge in [0, 0.05) is 25.6 Å². The Morgan fingerprint density at radius 3 is 2.52 bits per heavy atom. The highest BCUT2D eigenvalue weighted by Gasteiger charge is 2.57. The van der Waals surface area contributed by atoms with Crippen molar-refractivity contribution in [1.82, 2.24) is 10.2 Å². The van der Waals surface area contributed by atoms with Crippen LogP contribution in [0.5, 0.6) is 0 Å². The van der Waals surface area contributed by atoms with Crippen molar-refractivity contribution < 1.29 is 24.2 Å². The van der Waals surface area contributed by atoms with Crippen LogP contribution in [0.3, 0.4) is 0 Å². The lowest BCUT2D eigenvalue weighted by atomic mass is 9.69. The first-order valence-corrected chi connectivity index (χ1v) is 12.1. The largest absolute Gasteiger partial charge is 0.466 e. The summed E-state index contributed by atoms with van der Waals surface area (Å²) in [5, 5.41) is 12.1. The van der Waals surface area contributed by atoms with Gasteiger partial charge in [0.2, 0.25) is 11.8 Å². The smallest absolute Gasteiger partial charge is 0.310 e. The zero-order chi connectivity index (χ0) is 22.8. The molecule has 2 rings (SSSR count). The number of nitrogens with one attached hydrogen (secondary N) is 1. The number of nitrogens with zero attached hydrogens (tertiary/aromatic N) is 1. The molecular weight excluding hydrogens is 396 g/mol. The van der Waals surface area contributed by atoms with Gasteiger partial charge < -0.3 is 20.1 Å². The molecular formula is C24H40N2O5. The molecule has 0 unspecified atom stereocenters. The maximum Gasteiger partial charge on any atom is 0.310 e. The number of amides is 2. The lowest BCUT2D eigenvalue weighted by Gasteiger charge is -2.33. The van der Waals surface area contributed by atoms with E-state index >= 15 is 0 Å². The molecule has 0 radical (unpaired) electrons. The molecule has 0 aromatic heterocycles. The highest BCUT2D eigenvalue weighted by molar-refractivity contribution is 5.96. The van der Waals surface area contributed by atoms with Crippen molar-refractivity contribution in [3.63, 3.8) is 0 Å². The molecule has 0 saturated carbocycles. The van der Waals surface area contributed by atoms with Crippen LogP contribution in [0.15, 0.2) is 12.2 Å². The lowest BCUT2D eigenvalue weighted by Crippen LogP contribution is -2.47. The van der Waals surface area contributed by atoms with Gasteiger partial charge in [0.25, 0.3) is 0 Å². The molecule has 1 saturated heterocycles. The van der Waals surface area contributed by atoms with Gasteiger partial charge in [-0.1, -0.05) is 38.8 Å². The zero-order valence-corrected chi connectivity index (χ0v) is 19.3. The van der Waals surface area contributed by atoms with Crippen LogP contribution < -0.4 is 5.32 Å². The average Bonchev–Trinajstić information content (AvgIpc) is 3.05. The van der Waals surface area contributed by atoms with Gasteiger partial charge in [0.1, 0.15) is 6.04 Å². The SMILES string of the molecule is CCCCCNC(=O)[C@@H]1[C@H]2C=C[C@@H](CC)[C@@H](C(=O)OCC)[C@@H]2C(=O)N1CCCCCO. The van der Waals surface area contributed by atoms with Crippen molar-refractivity contribution >= 4 is 17.8 Å². The van der Waals surface area contributed by atoms with Gasteiger partial charge >= 0.3 is 5.97 Å². The molecule has 31 heavy (non-hydrogen) atoms. The van der Waals surface area contributed by atoms with E-state index in [-0.39, 0.29) is 42.8 Å².